The minimum atomic E-state index is 0.776. The highest BCUT2D eigenvalue weighted by Gasteiger charge is 2.14. The molecule has 0 radical (unpaired) electrons. The van der Waals surface area contributed by atoms with Crippen LogP contribution < -0.4 is 0 Å². The van der Waals surface area contributed by atoms with Crippen LogP contribution in [0.3, 0.4) is 0 Å². The van der Waals surface area contributed by atoms with Crippen LogP contribution in [0.25, 0.3) is 10.9 Å². The van der Waals surface area contributed by atoms with Crippen molar-refractivity contribution in [3.05, 3.63) is 35.0 Å². The fourth-order valence-electron chi connectivity index (χ4n) is 2.56. The fourth-order valence-corrected chi connectivity index (χ4v) is 2.56. The molecule has 1 aromatic carbocycles. The molecule has 0 unspecified atom stereocenters. The minimum Gasteiger partial charge on any atom is -0.360 e. The molecule has 0 saturated carbocycles. The lowest BCUT2D eigenvalue weighted by atomic mass is 9.90. The van der Waals surface area contributed by atoms with Crippen molar-refractivity contribution in [1.29, 1.82) is 0 Å². The van der Waals surface area contributed by atoms with Gasteiger partial charge in [0, 0.05) is 22.7 Å². The SMILES string of the molecule is O=Cc1c[nH]c2c3c(ccc12)CCCC3. The van der Waals surface area contributed by atoms with Crippen LogP contribution in [-0.2, 0) is 12.8 Å². The van der Waals surface area contributed by atoms with Gasteiger partial charge in [0.25, 0.3) is 0 Å². The maximum Gasteiger partial charge on any atom is 0.152 e. The number of aldehydes is 1. The van der Waals surface area contributed by atoms with Gasteiger partial charge in [0.05, 0.1) is 0 Å². The summed E-state index contributed by atoms with van der Waals surface area (Å²) < 4.78 is 0. The Kier molecular flexibility index (Phi) is 1.88. The van der Waals surface area contributed by atoms with Gasteiger partial charge in [-0.2, -0.15) is 0 Å². The van der Waals surface area contributed by atoms with Crippen LogP contribution in [-0.4, -0.2) is 11.3 Å². The lowest BCUT2D eigenvalue weighted by Gasteiger charge is -2.16. The Morgan fingerprint density at radius 3 is 2.93 bits per heavy atom. The zero-order valence-corrected chi connectivity index (χ0v) is 8.55. The molecule has 2 heteroatoms. The summed E-state index contributed by atoms with van der Waals surface area (Å²) >= 11 is 0. The molecular weight excluding hydrogens is 186 g/mol. The molecule has 0 spiro atoms. The van der Waals surface area contributed by atoms with Crippen molar-refractivity contribution >= 4 is 17.2 Å². The van der Waals surface area contributed by atoms with Gasteiger partial charge in [-0.3, -0.25) is 4.79 Å². The van der Waals surface area contributed by atoms with Gasteiger partial charge < -0.3 is 4.98 Å². The molecule has 1 aromatic heterocycles. The molecule has 1 aliphatic rings. The van der Waals surface area contributed by atoms with Crippen molar-refractivity contribution in [2.75, 3.05) is 0 Å². The van der Waals surface area contributed by atoms with Gasteiger partial charge in [0.2, 0.25) is 0 Å². The maximum atomic E-state index is 10.8. The summed E-state index contributed by atoms with van der Waals surface area (Å²) in [5, 5.41) is 1.07. The van der Waals surface area contributed by atoms with E-state index in [9.17, 15) is 4.79 Å². The molecule has 0 fully saturated rings. The molecule has 76 valence electrons. The summed E-state index contributed by atoms with van der Waals surface area (Å²) in [7, 11) is 0. The Labute approximate surface area is 88.3 Å². The number of H-pyrrole nitrogens is 1. The highest BCUT2D eigenvalue weighted by molar-refractivity contribution is 5.98. The lowest BCUT2D eigenvalue weighted by molar-refractivity contribution is 0.112. The van der Waals surface area contributed by atoms with Gasteiger partial charge in [0.15, 0.2) is 6.29 Å². The summed E-state index contributed by atoms with van der Waals surface area (Å²) in [6.07, 6.45) is 7.62. The van der Waals surface area contributed by atoms with E-state index >= 15 is 0 Å². The van der Waals surface area contributed by atoms with Crippen LogP contribution in [0.15, 0.2) is 18.3 Å². The molecule has 2 nitrogen and oxygen atoms in total. The lowest BCUT2D eigenvalue weighted by Crippen LogP contribution is -2.02. The first kappa shape index (κ1) is 8.72. The number of benzene rings is 1. The number of hydrogen-bond acceptors (Lipinski definition) is 1. The van der Waals surface area contributed by atoms with Crippen LogP contribution in [0, 0.1) is 0 Å². The highest BCUT2D eigenvalue weighted by atomic mass is 16.1. The summed E-state index contributed by atoms with van der Waals surface area (Å²) in [6, 6.07) is 4.25. The summed E-state index contributed by atoms with van der Waals surface area (Å²) in [5.41, 5.74) is 4.83. The number of fused-ring (bicyclic) bond motifs is 3. The second-order valence-electron chi connectivity index (χ2n) is 4.19. The van der Waals surface area contributed by atoms with E-state index in [4.69, 9.17) is 0 Å². The van der Waals surface area contributed by atoms with Gasteiger partial charge >= 0.3 is 0 Å². The molecule has 0 amide bonds. The predicted octanol–water partition coefficient (Wildman–Crippen LogP) is 2.86. The van der Waals surface area contributed by atoms with E-state index in [1.807, 2.05) is 6.20 Å². The Balaban J connectivity index is 2.32. The van der Waals surface area contributed by atoms with Gasteiger partial charge in [-0.15, -0.1) is 0 Å². The molecule has 3 rings (SSSR count). The maximum absolute atomic E-state index is 10.8. The molecule has 1 N–H and O–H groups in total. The minimum absolute atomic E-state index is 0.776. The zero-order valence-electron chi connectivity index (χ0n) is 8.55. The van der Waals surface area contributed by atoms with Crippen molar-refractivity contribution in [2.24, 2.45) is 0 Å². The molecule has 0 saturated heterocycles. The van der Waals surface area contributed by atoms with Crippen molar-refractivity contribution in [3.63, 3.8) is 0 Å². The van der Waals surface area contributed by atoms with Crippen molar-refractivity contribution in [2.45, 2.75) is 25.7 Å². The summed E-state index contributed by atoms with van der Waals surface area (Å²) in [6.45, 7) is 0. The van der Waals surface area contributed by atoms with E-state index in [1.165, 1.54) is 35.9 Å². The quantitative estimate of drug-likeness (QED) is 0.704. The number of aromatic nitrogens is 1. The second-order valence-corrected chi connectivity index (χ2v) is 4.19. The molecule has 15 heavy (non-hydrogen) atoms. The number of hydrogen-bond donors (Lipinski definition) is 1. The van der Waals surface area contributed by atoms with E-state index in [0.29, 0.717) is 0 Å². The van der Waals surface area contributed by atoms with Crippen molar-refractivity contribution < 1.29 is 4.79 Å². The average Bonchev–Trinajstić information content (AvgIpc) is 2.72. The predicted molar refractivity (Wildman–Crippen MR) is 60.3 cm³/mol. The van der Waals surface area contributed by atoms with Crippen LogP contribution in [0.4, 0.5) is 0 Å². The van der Waals surface area contributed by atoms with Crippen LogP contribution in [0.5, 0.6) is 0 Å². The average molecular weight is 199 g/mol. The van der Waals surface area contributed by atoms with E-state index in [1.54, 1.807) is 0 Å². The van der Waals surface area contributed by atoms with E-state index in [0.717, 1.165) is 23.7 Å². The molecule has 0 bridgehead atoms. The van der Waals surface area contributed by atoms with Gasteiger partial charge in [-0.05, 0) is 36.8 Å². The van der Waals surface area contributed by atoms with Crippen LogP contribution in [0.1, 0.15) is 34.3 Å². The third kappa shape index (κ3) is 1.21. The molecule has 2 aromatic rings. The van der Waals surface area contributed by atoms with E-state index in [-0.39, 0.29) is 0 Å². The molecular formula is C13H13NO. The highest BCUT2D eigenvalue weighted by Crippen LogP contribution is 2.29. The van der Waals surface area contributed by atoms with Gasteiger partial charge in [0.1, 0.15) is 0 Å². The van der Waals surface area contributed by atoms with Crippen molar-refractivity contribution in [3.8, 4) is 0 Å². The third-order valence-electron chi connectivity index (χ3n) is 3.34. The molecule has 1 aliphatic carbocycles. The number of rotatable bonds is 1. The fraction of sp³-hybridized carbons (Fsp3) is 0.308. The number of carbonyl (C=O) groups is 1. The number of carbonyl (C=O) groups excluding carboxylic acids is 1. The van der Waals surface area contributed by atoms with E-state index < -0.39 is 0 Å². The number of nitrogens with one attached hydrogen (secondary N) is 1. The molecule has 0 atom stereocenters. The Hall–Kier alpha value is -1.57. The number of aryl methyl sites for hydroxylation is 2. The zero-order chi connectivity index (χ0) is 10.3. The first-order valence-corrected chi connectivity index (χ1v) is 5.47. The van der Waals surface area contributed by atoms with Crippen LogP contribution >= 0.6 is 0 Å². The third-order valence-corrected chi connectivity index (χ3v) is 3.34. The Bertz CT molecular complexity index is 525. The second kappa shape index (κ2) is 3.23. The number of aromatic amines is 1. The van der Waals surface area contributed by atoms with E-state index in [2.05, 4.69) is 17.1 Å². The van der Waals surface area contributed by atoms with Crippen molar-refractivity contribution in [1.82, 2.24) is 4.98 Å². The van der Waals surface area contributed by atoms with Crippen LogP contribution in [0.2, 0.25) is 0 Å². The van der Waals surface area contributed by atoms with Gasteiger partial charge in [-0.25, -0.2) is 0 Å². The Morgan fingerprint density at radius 2 is 2.07 bits per heavy atom. The monoisotopic (exact) mass is 199 g/mol. The Morgan fingerprint density at radius 1 is 1.20 bits per heavy atom. The standard InChI is InChI=1S/C13H13NO/c15-8-10-7-14-13-11-4-2-1-3-9(11)5-6-12(10)13/h5-8,14H,1-4H2. The largest absolute Gasteiger partial charge is 0.360 e. The molecule has 0 aliphatic heterocycles. The topological polar surface area (TPSA) is 32.9 Å². The first-order valence-electron chi connectivity index (χ1n) is 5.47. The first-order chi connectivity index (χ1) is 7.40. The molecule has 1 heterocycles. The smallest absolute Gasteiger partial charge is 0.152 e. The normalized spacial score (nSPS) is 15.2. The van der Waals surface area contributed by atoms with Gasteiger partial charge in [-0.1, -0.05) is 12.1 Å². The summed E-state index contributed by atoms with van der Waals surface area (Å²) in [4.78, 5) is 14.1. The summed E-state index contributed by atoms with van der Waals surface area (Å²) in [5.74, 6) is 0.